The molecule has 0 spiro atoms. The van der Waals surface area contributed by atoms with Crippen LogP contribution in [0.25, 0.3) is 0 Å². The second kappa shape index (κ2) is 9.90. The molecule has 11 heteroatoms. The Labute approximate surface area is 198 Å². The minimum Gasteiger partial charge on any atom is -0.492 e. The van der Waals surface area contributed by atoms with Gasteiger partial charge in [0.1, 0.15) is 16.4 Å². The largest absolute Gasteiger partial charge is 0.492 e. The third-order valence-electron chi connectivity index (χ3n) is 5.72. The summed E-state index contributed by atoms with van der Waals surface area (Å²) in [6, 6.07) is 11.6. The minimum absolute atomic E-state index is 0.0274. The van der Waals surface area contributed by atoms with E-state index >= 15 is 0 Å². The number of benzene rings is 2. The molecule has 1 atom stereocenters. The van der Waals surface area contributed by atoms with Crippen LogP contribution >= 0.6 is 0 Å². The summed E-state index contributed by atoms with van der Waals surface area (Å²) in [5.41, 5.74) is 6.42. The van der Waals surface area contributed by atoms with E-state index in [0.717, 1.165) is 12.8 Å². The second-order valence-corrected chi connectivity index (χ2v) is 10.0. The molecule has 2 aromatic carbocycles. The number of para-hydroxylation sites is 2. The molecule has 34 heavy (non-hydrogen) atoms. The fraction of sp³-hybridized carbons (Fsp3) is 0.391. The lowest BCUT2D eigenvalue weighted by Gasteiger charge is -2.34. The van der Waals surface area contributed by atoms with Gasteiger partial charge in [-0.15, -0.1) is 0 Å². The van der Waals surface area contributed by atoms with Crippen molar-refractivity contribution < 1.29 is 27.5 Å². The van der Waals surface area contributed by atoms with Crippen LogP contribution in [-0.2, 0) is 19.6 Å². The number of anilines is 2. The lowest BCUT2D eigenvalue weighted by atomic mass is 10.1. The van der Waals surface area contributed by atoms with Gasteiger partial charge in [0.2, 0.25) is 15.9 Å². The molecule has 2 aliphatic heterocycles. The monoisotopic (exact) mass is 488 g/mol. The Bertz CT molecular complexity index is 1180. The average molecular weight is 489 g/mol. The highest BCUT2D eigenvalue weighted by Gasteiger charge is 2.32. The fourth-order valence-electron chi connectivity index (χ4n) is 4.11. The summed E-state index contributed by atoms with van der Waals surface area (Å²) in [6.45, 7) is 3.06. The molecule has 0 radical (unpaired) electrons. The summed E-state index contributed by atoms with van der Waals surface area (Å²) in [7, 11) is -3.76. The predicted molar refractivity (Wildman–Crippen MR) is 126 cm³/mol. The quantitative estimate of drug-likeness (QED) is 0.576. The number of sulfonamides is 1. The smallest absolute Gasteiger partial charge is 0.260 e. The molecule has 2 aromatic rings. The predicted octanol–water partition coefficient (Wildman–Crippen LogP) is 1.56. The zero-order chi connectivity index (χ0) is 24.3. The van der Waals surface area contributed by atoms with Crippen molar-refractivity contribution in [2.24, 2.45) is 5.73 Å². The molecule has 1 saturated heterocycles. The number of hydrogen-bond donors (Lipinski definition) is 2. The molecule has 0 bridgehead atoms. The van der Waals surface area contributed by atoms with Crippen LogP contribution in [0, 0.1) is 0 Å². The van der Waals surface area contributed by atoms with Crippen molar-refractivity contribution in [3.8, 4) is 11.5 Å². The highest BCUT2D eigenvalue weighted by atomic mass is 32.2. The summed E-state index contributed by atoms with van der Waals surface area (Å²) in [5.74, 6) is -0.291. The summed E-state index contributed by atoms with van der Waals surface area (Å²) >= 11 is 0. The molecule has 0 aliphatic carbocycles. The zero-order valence-corrected chi connectivity index (χ0v) is 19.7. The van der Waals surface area contributed by atoms with Gasteiger partial charge in [0, 0.05) is 18.8 Å². The number of rotatable bonds is 8. The van der Waals surface area contributed by atoms with E-state index in [-0.39, 0.29) is 29.6 Å². The van der Waals surface area contributed by atoms with Gasteiger partial charge in [0.05, 0.1) is 25.4 Å². The molecule has 2 amide bonds. The highest BCUT2D eigenvalue weighted by molar-refractivity contribution is 7.89. The fourth-order valence-corrected chi connectivity index (χ4v) is 5.78. The number of amides is 2. The molecule has 10 nitrogen and oxygen atoms in total. The van der Waals surface area contributed by atoms with Gasteiger partial charge in [-0.2, -0.15) is 4.31 Å². The first-order chi connectivity index (χ1) is 16.3. The molecule has 0 aromatic heterocycles. The summed E-state index contributed by atoms with van der Waals surface area (Å²) in [4.78, 5) is 26.3. The maximum atomic E-state index is 13.2. The van der Waals surface area contributed by atoms with Gasteiger partial charge in [0.25, 0.3) is 5.91 Å². The Hall–Kier alpha value is -3.31. The Kier molecular flexibility index (Phi) is 6.94. The number of fused-ring (bicyclic) bond motifs is 1. The van der Waals surface area contributed by atoms with Crippen LogP contribution in [0.1, 0.15) is 19.8 Å². The Balaban J connectivity index is 1.55. The molecule has 1 fully saturated rings. The SMILES string of the molecule is CCOc1ccc(NC(=O)CN2CC(C(N)=O)Oc3ccccc32)cc1S(=O)(=O)N1CCCC1. The summed E-state index contributed by atoms with van der Waals surface area (Å²) in [6.07, 6.45) is 0.741. The van der Waals surface area contributed by atoms with E-state index < -0.39 is 22.0 Å². The third kappa shape index (κ3) is 4.95. The van der Waals surface area contributed by atoms with Gasteiger partial charge in [-0.1, -0.05) is 12.1 Å². The van der Waals surface area contributed by atoms with E-state index in [4.69, 9.17) is 15.2 Å². The first kappa shape index (κ1) is 23.8. The van der Waals surface area contributed by atoms with Crippen LogP contribution in [0.15, 0.2) is 47.4 Å². The van der Waals surface area contributed by atoms with E-state index in [1.54, 1.807) is 48.2 Å². The van der Waals surface area contributed by atoms with Crippen LogP contribution in [0.5, 0.6) is 11.5 Å². The highest BCUT2D eigenvalue weighted by Crippen LogP contribution is 2.34. The molecule has 182 valence electrons. The third-order valence-corrected chi connectivity index (χ3v) is 7.64. The number of carbonyl (C=O) groups is 2. The number of ether oxygens (including phenoxy) is 2. The number of hydrogen-bond acceptors (Lipinski definition) is 7. The van der Waals surface area contributed by atoms with Gasteiger partial charge < -0.3 is 25.4 Å². The number of nitrogens with one attached hydrogen (secondary N) is 1. The number of nitrogens with zero attached hydrogens (tertiary/aromatic N) is 2. The van der Waals surface area contributed by atoms with Gasteiger partial charge in [-0.05, 0) is 50.1 Å². The lowest BCUT2D eigenvalue weighted by Crippen LogP contribution is -2.49. The Morgan fingerprint density at radius 2 is 1.91 bits per heavy atom. The van der Waals surface area contributed by atoms with Crippen molar-refractivity contribution in [3.05, 3.63) is 42.5 Å². The maximum absolute atomic E-state index is 13.2. The van der Waals surface area contributed by atoms with Crippen LogP contribution in [0.3, 0.4) is 0 Å². The van der Waals surface area contributed by atoms with Crippen LogP contribution < -0.4 is 25.4 Å². The molecule has 1 unspecified atom stereocenters. The Morgan fingerprint density at radius 1 is 1.18 bits per heavy atom. The van der Waals surface area contributed by atoms with Crippen LogP contribution in [0.2, 0.25) is 0 Å². The van der Waals surface area contributed by atoms with E-state index in [0.29, 0.717) is 36.8 Å². The van der Waals surface area contributed by atoms with Crippen molar-refractivity contribution in [3.63, 3.8) is 0 Å². The standard InChI is InChI=1S/C23H28N4O6S/c1-2-32-19-10-9-16(13-21(19)34(30,31)27-11-5-6-12-27)25-22(28)15-26-14-20(23(24)29)33-18-8-4-3-7-17(18)26/h3-4,7-10,13,20H,2,5-6,11-12,14-15H2,1H3,(H2,24,29)(H,25,28). The van der Waals surface area contributed by atoms with Crippen molar-refractivity contribution in [1.82, 2.24) is 4.31 Å². The molecular weight excluding hydrogens is 460 g/mol. The topological polar surface area (TPSA) is 131 Å². The van der Waals surface area contributed by atoms with Crippen LogP contribution in [0.4, 0.5) is 11.4 Å². The molecule has 3 N–H and O–H groups in total. The number of primary amides is 1. The average Bonchev–Trinajstić information content (AvgIpc) is 3.36. The van der Waals surface area contributed by atoms with Gasteiger partial charge >= 0.3 is 0 Å². The molecular formula is C23H28N4O6S. The van der Waals surface area contributed by atoms with Crippen molar-refractivity contribution >= 4 is 33.2 Å². The normalized spacial score (nSPS) is 18.1. The molecule has 2 aliphatic rings. The Morgan fingerprint density at radius 3 is 2.62 bits per heavy atom. The molecule has 0 saturated carbocycles. The number of carbonyl (C=O) groups excluding carboxylic acids is 2. The van der Waals surface area contributed by atoms with Gasteiger partial charge in [-0.25, -0.2) is 8.42 Å². The van der Waals surface area contributed by atoms with Crippen LogP contribution in [-0.4, -0.2) is 63.4 Å². The molecule has 4 rings (SSSR count). The van der Waals surface area contributed by atoms with Crippen molar-refractivity contribution in [1.29, 1.82) is 0 Å². The van der Waals surface area contributed by atoms with E-state index in [2.05, 4.69) is 5.32 Å². The van der Waals surface area contributed by atoms with Crippen molar-refractivity contribution in [2.45, 2.75) is 30.8 Å². The van der Waals surface area contributed by atoms with Gasteiger partial charge in [-0.3, -0.25) is 9.59 Å². The number of nitrogens with two attached hydrogens (primary N) is 1. The van der Waals surface area contributed by atoms with Gasteiger partial charge in [0.15, 0.2) is 6.10 Å². The first-order valence-corrected chi connectivity index (χ1v) is 12.6. The lowest BCUT2D eigenvalue weighted by molar-refractivity contribution is -0.125. The minimum atomic E-state index is -3.76. The first-order valence-electron chi connectivity index (χ1n) is 11.2. The maximum Gasteiger partial charge on any atom is 0.260 e. The van der Waals surface area contributed by atoms with E-state index in [1.807, 2.05) is 0 Å². The summed E-state index contributed by atoms with van der Waals surface area (Å²) < 4.78 is 39.0. The van der Waals surface area contributed by atoms with E-state index in [9.17, 15) is 18.0 Å². The van der Waals surface area contributed by atoms with E-state index in [1.165, 1.54) is 10.4 Å². The second-order valence-electron chi connectivity index (χ2n) is 8.11. The molecule has 2 heterocycles. The summed E-state index contributed by atoms with van der Waals surface area (Å²) in [5, 5.41) is 2.76. The zero-order valence-electron chi connectivity index (χ0n) is 18.9. The van der Waals surface area contributed by atoms with Crippen molar-refractivity contribution in [2.75, 3.05) is 43.0 Å².